The molecule has 1 aliphatic heterocycles. The Kier molecular flexibility index (Phi) is 4.64. The highest BCUT2D eigenvalue weighted by atomic mass is 32.1. The van der Waals surface area contributed by atoms with Crippen LogP contribution in [0.3, 0.4) is 0 Å². The average molecular weight is 281 g/mol. The van der Waals surface area contributed by atoms with Crippen LogP contribution in [0.2, 0.25) is 0 Å². The number of hydrogen-bond acceptors (Lipinski definition) is 4. The molecular formula is C15H27N3S. The van der Waals surface area contributed by atoms with Crippen molar-refractivity contribution < 1.29 is 0 Å². The van der Waals surface area contributed by atoms with E-state index in [4.69, 9.17) is 0 Å². The second-order valence-electron chi connectivity index (χ2n) is 6.80. The molecule has 2 unspecified atom stereocenters. The molecule has 1 aliphatic rings. The van der Waals surface area contributed by atoms with E-state index in [2.05, 4.69) is 55.2 Å². The van der Waals surface area contributed by atoms with Gasteiger partial charge in [0, 0.05) is 30.6 Å². The fourth-order valence-corrected chi connectivity index (χ4v) is 3.22. The van der Waals surface area contributed by atoms with Gasteiger partial charge in [0.15, 0.2) is 0 Å². The van der Waals surface area contributed by atoms with E-state index < -0.39 is 0 Å². The van der Waals surface area contributed by atoms with E-state index in [1.54, 1.807) is 11.3 Å². The maximum Gasteiger partial charge on any atom is 0.0897 e. The average Bonchev–Trinajstić information content (AvgIpc) is 2.60. The Morgan fingerprint density at radius 3 is 2.79 bits per heavy atom. The van der Waals surface area contributed by atoms with Gasteiger partial charge in [-0.05, 0) is 32.2 Å². The van der Waals surface area contributed by atoms with Crippen molar-refractivity contribution in [2.75, 3.05) is 13.1 Å². The van der Waals surface area contributed by atoms with Gasteiger partial charge in [0.25, 0.3) is 0 Å². The van der Waals surface area contributed by atoms with Gasteiger partial charge in [0.1, 0.15) is 0 Å². The van der Waals surface area contributed by atoms with Gasteiger partial charge in [-0.2, -0.15) is 0 Å². The molecule has 1 saturated heterocycles. The lowest BCUT2D eigenvalue weighted by Gasteiger charge is -2.35. The van der Waals surface area contributed by atoms with Crippen molar-refractivity contribution in [2.45, 2.75) is 59.7 Å². The molecule has 0 amide bonds. The van der Waals surface area contributed by atoms with Gasteiger partial charge < -0.3 is 5.32 Å². The highest BCUT2D eigenvalue weighted by Crippen LogP contribution is 2.24. The van der Waals surface area contributed by atoms with Crippen LogP contribution in [0.1, 0.15) is 44.8 Å². The van der Waals surface area contributed by atoms with Crippen LogP contribution in [0.5, 0.6) is 0 Å². The van der Waals surface area contributed by atoms with Gasteiger partial charge in [-0.15, -0.1) is 11.3 Å². The summed E-state index contributed by atoms with van der Waals surface area (Å²) in [6.07, 6.45) is 1.22. The lowest BCUT2D eigenvalue weighted by Crippen LogP contribution is -2.47. The summed E-state index contributed by atoms with van der Waals surface area (Å²) in [4.78, 5) is 7.20. The third kappa shape index (κ3) is 4.01. The van der Waals surface area contributed by atoms with Gasteiger partial charge in [-0.3, -0.25) is 4.90 Å². The molecule has 108 valence electrons. The highest BCUT2D eigenvalue weighted by molar-refractivity contribution is 7.09. The summed E-state index contributed by atoms with van der Waals surface area (Å²) in [7, 11) is 0. The lowest BCUT2D eigenvalue weighted by molar-refractivity contribution is 0.156. The summed E-state index contributed by atoms with van der Waals surface area (Å²) in [5, 5.41) is 7.08. The Labute approximate surface area is 121 Å². The molecule has 1 aromatic heterocycles. The van der Waals surface area contributed by atoms with E-state index in [1.807, 2.05) is 0 Å². The zero-order valence-corrected chi connectivity index (χ0v) is 13.7. The number of aromatic nitrogens is 1. The van der Waals surface area contributed by atoms with Crippen molar-refractivity contribution in [1.82, 2.24) is 15.2 Å². The molecule has 0 saturated carbocycles. The van der Waals surface area contributed by atoms with Crippen LogP contribution in [0.4, 0.5) is 0 Å². The van der Waals surface area contributed by atoms with Crippen LogP contribution >= 0.6 is 11.3 Å². The van der Waals surface area contributed by atoms with Crippen LogP contribution < -0.4 is 5.32 Å². The molecule has 2 heterocycles. The second kappa shape index (κ2) is 5.90. The van der Waals surface area contributed by atoms with Crippen LogP contribution in [0, 0.1) is 12.3 Å². The number of aryl methyl sites for hydroxylation is 1. The van der Waals surface area contributed by atoms with Crippen molar-refractivity contribution in [2.24, 2.45) is 5.41 Å². The summed E-state index contributed by atoms with van der Waals surface area (Å²) in [6.45, 7) is 14.6. The number of nitrogens with zero attached hydrogens (tertiary/aromatic N) is 2. The number of rotatable bonds is 2. The maximum atomic E-state index is 4.61. The minimum Gasteiger partial charge on any atom is -0.312 e. The zero-order valence-electron chi connectivity index (χ0n) is 12.9. The first kappa shape index (κ1) is 14.9. The molecule has 2 rings (SSSR count). The van der Waals surface area contributed by atoms with Gasteiger partial charge >= 0.3 is 0 Å². The Hall–Kier alpha value is -0.450. The molecule has 0 bridgehead atoms. The van der Waals surface area contributed by atoms with Crippen molar-refractivity contribution in [3.05, 3.63) is 16.1 Å². The van der Waals surface area contributed by atoms with Crippen molar-refractivity contribution in [1.29, 1.82) is 0 Å². The summed E-state index contributed by atoms with van der Waals surface area (Å²) >= 11 is 1.75. The van der Waals surface area contributed by atoms with E-state index in [9.17, 15) is 0 Å². The van der Waals surface area contributed by atoms with Crippen molar-refractivity contribution in [3.8, 4) is 0 Å². The quantitative estimate of drug-likeness (QED) is 0.903. The minimum atomic E-state index is 0.306. The molecule has 19 heavy (non-hydrogen) atoms. The Balaban J connectivity index is 2.07. The predicted octanol–water partition coefficient (Wildman–Crippen LogP) is 3.05. The largest absolute Gasteiger partial charge is 0.312 e. The first-order chi connectivity index (χ1) is 8.86. The van der Waals surface area contributed by atoms with E-state index in [1.165, 1.54) is 17.1 Å². The Bertz CT molecular complexity index is 408. The molecule has 0 aliphatic carbocycles. The molecule has 0 aromatic carbocycles. The van der Waals surface area contributed by atoms with Crippen LogP contribution in [-0.2, 0) is 6.54 Å². The summed E-state index contributed by atoms with van der Waals surface area (Å²) < 4.78 is 0. The smallest absolute Gasteiger partial charge is 0.0897 e. The first-order valence-corrected chi connectivity index (χ1v) is 8.12. The third-order valence-corrected chi connectivity index (χ3v) is 4.89. The highest BCUT2D eigenvalue weighted by Gasteiger charge is 2.30. The lowest BCUT2D eigenvalue weighted by atomic mass is 9.86. The summed E-state index contributed by atoms with van der Waals surface area (Å²) in [5.74, 6) is 0. The normalized spacial score (nSPS) is 26.4. The Morgan fingerprint density at radius 2 is 2.21 bits per heavy atom. The van der Waals surface area contributed by atoms with Crippen LogP contribution in [-0.4, -0.2) is 35.1 Å². The van der Waals surface area contributed by atoms with Gasteiger partial charge in [-0.25, -0.2) is 4.98 Å². The minimum absolute atomic E-state index is 0.306. The van der Waals surface area contributed by atoms with E-state index in [0.717, 1.165) is 19.6 Å². The molecule has 0 radical (unpaired) electrons. The SMILES string of the molecule is Cc1nc(CN2CC(C(C)(C)C)NCCC2C)cs1. The topological polar surface area (TPSA) is 28.2 Å². The molecule has 1 fully saturated rings. The number of nitrogens with one attached hydrogen (secondary N) is 1. The van der Waals surface area contributed by atoms with Gasteiger partial charge in [0.2, 0.25) is 0 Å². The van der Waals surface area contributed by atoms with E-state index >= 15 is 0 Å². The molecule has 1 aromatic rings. The molecule has 4 heteroatoms. The van der Waals surface area contributed by atoms with E-state index in [-0.39, 0.29) is 0 Å². The van der Waals surface area contributed by atoms with Crippen molar-refractivity contribution >= 4 is 11.3 Å². The van der Waals surface area contributed by atoms with Crippen LogP contribution in [0.15, 0.2) is 5.38 Å². The molecule has 0 spiro atoms. The predicted molar refractivity (Wildman–Crippen MR) is 82.6 cm³/mol. The number of hydrogen-bond donors (Lipinski definition) is 1. The van der Waals surface area contributed by atoms with Crippen molar-refractivity contribution in [3.63, 3.8) is 0 Å². The number of thiazole rings is 1. The van der Waals surface area contributed by atoms with Gasteiger partial charge in [0.05, 0.1) is 10.7 Å². The molecule has 2 atom stereocenters. The third-order valence-electron chi connectivity index (χ3n) is 4.07. The fraction of sp³-hybridized carbons (Fsp3) is 0.800. The molecular weight excluding hydrogens is 254 g/mol. The zero-order chi connectivity index (χ0) is 14.0. The molecule has 3 nitrogen and oxygen atoms in total. The fourth-order valence-electron chi connectivity index (χ4n) is 2.62. The standard InChI is InChI=1S/C15H27N3S/c1-11-6-7-16-14(15(3,4)5)9-18(11)8-13-10-19-12(2)17-13/h10-11,14,16H,6-9H2,1-5H3. The first-order valence-electron chi connectivity index (χ1n) is 7.24. The van der Waals surface area contributed by atoms with Crippen LogP contribution in [0.25, 0.3) is 0 Å². The summed E-state index contributed by atoms with van der Waals surface area (Å²) in [5.41, 5.74) is 1.53. The maximum absolute atomic E-state index is 4.61. The Morgan fingerprint density at radius 1 is 1.47 bits per heavy atom. The second-order valence-corrected chi connectivity index (χ2v) is 7.86. The van der Waals surface area contributed by atoms with Gasteiger partial charge in [-0.1, -0.05) is 20.8 Å². The van der Waals surface area contributed by atoms with E-state index in [0.29, 0.717) is 17.5 Å². The molecule has 1 N–H and O–H groups in total. The summed E-state index contributed by atoms with van der Waals surface area (Å²) in [6, 6.07) is 1.18. The monoisotopic (exact) mass is 281 g/mol.